The minimum atomic E-state index is -0.516. The van der Waals surface area contributed by atoms with Crippen LogP contribution in [0.2, 0.25) is 0 Å². The first-order valence-corrected chi connectivity index (χ1v) is 8.66. The first-order valence-electron chi connectivity index (χ1n) is 8.66. The van der Waals surface area contributed by atoms with Crippen molar-refractivity contribution in [1.82, 2.24) is 10.6 Å². The Morgan fingerprint density at radius 1 is 1.17 bits per heavy atom. The van der Waals surface area contributed by atoms with Crippen molar-refractivity contribution in [3.05, 3.63) is 0 Å². The number of carbonyl (C=O) groups is 2. The Morgan fingerprint density at radius 2 is 1.78 bits per heavy atom. The number of alkyl carbamates (subject to hydrolysis) is 1. The highest BCUT2D eigenvalue weighted by Crippen LogP contribution is 2.30. The molecule has 6 heteroatoms. The maximum absolute atomic E-state index is 12.5. The van der Waals surface area contributed by atoms with Crippen LogP contribution < -0.4 is 10.6 Å². The molecule has 2 rings (SSSR count). The predicted molar refractivity (Wildman–Crippen MR) is 87.1 cm³/mol. The summed E-state index contributed by atoms with van der Waals surface area (Å²) in [6, 6.07) is 0. The summed E-state index contributed by atoms with van der Waals surface area (Å²) in [7, 11) is 0. The molecule has 1 heterocycles. The summed E-state index contributed by atoms with van der Waals surface area (Å²) in [6.07, 6.45) is 5.08. The lowest BCUT2D eigenvalue weighted by Crippen LogP contribution is -2.56. The average Bonchev–Trinajstić information content (AvgIpc) is 2.93. The number of hydrogen-bond acceptors (Lipinski definition) is 4. The van der Waals surface area contributed by atoms with Gasteiger partial charge < -0.3 is 20.1 Å². The first kappa shape index (κ1) is 18.0. The molecule has 1 aliphatic heterocycles. The quantitative estimate of drug-likeness (QED) is 0.831. The molecule has 6 nitrogen and oxygen atoms in total. The van der Waals surface area contributed by atoms with Crippen molar-refractivity contribution in [1.29, 1.82) is 0 Å². The van der Waals surface area contributed by atoms with Gasteiger partial charge in [-0.15, -0.1) is 0 Å². The number of rotatable bonds is 4. The normalized spacial score (nSPS) is 21.7. The molecule has 0 bridgehead atoms. The Bertz CT molecular complexity index is 419. The summed E-state index contributed by atoms with van der Waals surface area (Å²) in [4.78, 5) is 24.4. The summed E-state index contributed by atoms with van der Waals surface area (Å²) in [5.41, 5.74) is -0.843. The van der Waals surface area contributed by atoms with E-state index in [2.05, 4.69) is 10.6 Å². The van der Waals surface area contributed by atoms with Crippen molar-refractivity contribution in [2.24, 2.45) is 5.92 Å². The third kappa shape index (κ3) is 5.68. The zero-order valence-corrected chi connectivity index (χ0v) is 14.6. The molecule has 1 saturated heterocycles. The van der Waals surface area contributed by atoms with Gasteiger partial charge in [0.1, 0.15) is 5.60 Å². The van der Waals surface area contributed by atoms with Gasteiger partial charge in [-0.3, -0.25) is 4.79 Å². The molecule has 1 aliphatic carbocycles. The number of ether oxygens (including phenoxy) is 2. The van der Waals surface area contributed by atoms with E-state index in [-0.39, 0.29) is 17.4 Å². The Balaban J connectivity index is 1.88. The minimum absolute atomic E-state index is 0.0303. The summed E-state index contributed by atoms with van der Waals surface area (Å²) >= 11 is 0. The number of nitrogens with one attached hydrogen (secondary N) is 2. The van der Waals surface area contributed by atoms with E-state index in [9.17, 15) is 9.59 Å². The van der Waals surface area contributed by atoms with Crippen LogP contribution in [-0.4, -0.2) is 42.9 Å². The Labute approximate surface area is 138 Å². The summed E-state index contributed by atoms with van der Waals surface area (Å²) < 4.78 is 10.6. The number of amides is 2. The van der Waals surface area contributed by atoms with E-state index in [4.69, 9.17) is 9.47 Å². The van der Waals surface area contributed by atoms with Crippen LogP contribution in [0.3, 0.4) is 0 Å². The van der Waals surface area contributed by atoms with Crippen LogP contribution in [0.1, 0.15) is 59.3 Å². The molecule has 2 amide bonds. The second kappa shape index (κ2) is 7.51. The van der Waals surface area contributed by atoms with Crippen LogP contribution in [0, 0.1) is 5.92 Å². The van der Waals surface area contributed by atoms with E-state index >= 15 is 0 Å². The molecule has 1 saturated carbocycles. The van der Waals surface area contributed by atoms with Gasteiger partial charge in [0.2, 0.25) is 5.91 Å². The Hall–Kier alpha value is -1.30. The highest BCUT2D eigenvalue weighted by atomic mass is 16.6. The SMILES string of the molecule is CC(C)(C)OC(=O)NCC1(NC(=O)C2CCOCC2)CCCC1. The van der Waals surface area contributed by atoms with Crippen LogP contribution in [-0.2, 0) is 14.3 Å². The fraction of sp³-hybridized carbons (Fsp3) is 0.882. The van der Waals surface area contributed by atoms with Gasteiger partial charge in [0.15, 0.2) is 0 Å². The molecule has 0 spiro atoms. The molecule has 0 radical (unpaired) electrons. The zero-order chi connectivity index (χ0) is 16.9. The van der Waals surface area contributed by atoms with Crippen LogP contribution in [0.15, 0.2) is 0 Å². The van der Waals surface area contributed by atoms with Gasteiger partial charge >= 0.3 is 6.09 Å². The van der Waals surface area contributed by atoms with Gasteiger partial charge in [-0.05, 0) is 46.5 Å². The monoisotopic (exact) mass is 326 g/mol. The molecule has 132 valence electrons. The highest BCUT2D eigenvalue weighted by molar-refractivity contribution is 5.79. The van der Waals surface area contributed by atoms with Crippen LogP contribution in [0.25, 0.3) is 0 Å². The smallest absolute Gasteiger partial charge is 0.407 e. The van der Waals surface area contributed by atoms with Crippen molar-refractivity contribution in [2.75, 3.05) is 19.8 Å². The van der Waals surface area contributed by atoms with E-state index in [0.29, 0.717) is 19.8 Å². The molecule has 0 unspecified atom stereocenters. The maximum Gasteiger partial charge on any atom is 0.407 e. The van der Waals surface area contributed by atoms with E-state index in [1.165, 1.54) is 0 Å². The van der Waals surface area contributed by atoms with Gasteiger partial charge in [0.25, 0.3) is 0 Å². The summed E-state index contributed by atoms with van der Waals surface area (Å²) in [5, 5.41) is 6.05. The van der Waals surface area contributed by atoms with Crippen molar-refractivity contribution < 1.29 is 19.1 Å². The summed E-state index contributed by atoms with van der Waals surface area (Å²) in [5.74, 6) is 0.129. The van der Waals surface area contributed by atoms with Crippen molar-refractivity contribution >= 4 is 12.0 Å². The molecule has 0 aromatic rings. The predicted octanol–water partition coefficient (Wildman–Crippen LogP) is 2.37. The van der Waals surface area contributed by atoms with Crippen molar-refractivity contribution in [3.63, 3.8) is 0 Å². The van der Waals surface area contributed by atoms with Gasteiger partial charge in [-0.2, -0.15) is 0 Å². The maximum atomic E-state index is 12.5. The van der Waals surface area contributed by atoms with Crippen LogP contribution in [0.5, 0.6) is 0 Å². The lowest BCUT2D eigenvalue weighted by atomic mass is 9.93. The fourth-order valence-corrected chi connectivity index (χ4v) is 3.28. The topological polar surface area (TPSA) is 76.7 Å². The van der Waals surface area contributed by atoms with E-state index in [1.54, 1.807) is 0 Å². The van der Waals surface area contributed by atoms with Crippen LogP contribution in [0.4, 0.5) is 4.79 Å². The van der Waals surface area contributed by atoms with Gasteiger partial charge in [-0.1, -0.05) is 12.8 Å². The molecule has 0 atom stereocenters. The van der Waals surface area contributed by atoms with Gasteiger partial charge in [-0.25, -0.2) is 4.79 Å². The number of carbonyl (C=O) groups excluding carboxylic acids is 2. The first-order chi connectivity index (χ1) is 10.8. The van der Waals surface area contributed by atoms with E-state index in [1.807, 2.05) is 20.8 Å². The Morgan fingerprint density at radius 3 is 2.35 bits per heavy atom. The average molecular weight is 326 g/mol. The van der Waals surface area contributed by atoms with E-state index in [0.717, 1.165) is 38.5 Å². The van der Waals surface area contributed by atoms with Crippen LogP contribution >= 0.6 is 0 Å². The zero-order valence-electron chi connectivity index (χ0n) is 14.6. The molecule has 2 aliphatic rings. The fourth-order valence-electron chi connectivity index (χ4n) is 3.28. The largest absolute Gasteiger partial charge is 0.444 e. The summed E-state index contributed by atoms with van der Waals surface area (Å²) in [6.45, 7) is 7.25. The third-order valence-corrected chi connectivity index (χ3v) is 4.51. The lowest BCUT2D eigenvalue weighted by molar-refractivity contribution is -0.129. The standard InChI is InChI=1S/C17H30N2O4/c1-16(2,3)23-15(21)18-12-17(8-4-5-9-17)19-14(20)13-6-10-22-11-7-13/h13H,4-12H2,1-3H3,(H,18,21)(H,19,20). The van der Waals surface area contributed by atoms with Crippen molar-refractivity contribution in [2.45, 2.75) is 70.4 Å². The lowest BCUT2D eigenvalue weighted by Gasteiger charge is -2.33. The minimum Gasteiger partial charge on any atom is -0.444 e. The molecule has 2 N–H and O–H groups in total. The van der Waals surface area contributed by atoms with Gasteiger partial charge in [0, 0.05) is 25.7 Å². The molecular weight excluding hydrogens is 296 g/mol. The second-order valence-electron chi connectivity index (χ2n) is 7.72. The second-order valence-corrected chi connectivity index (χ2v) is 7.72. The highest BCUT2D eigenvalue weighted by Gasteiger charge is 2.37. The molecule has 23 heavy (non-hydrogen) atoms. The molecule has 2 fully saturated rings. The number of hydrogen-bond donors (Lipinski definition) is 2. The molecule has 0 aromatic heterocycles. The third-order valence-electron chi connectivity index (χ3n) is 4.51. The molecule has 0 aromatic carbocycles. The van der Waals surface area contributed by atoms with E-state index < -0.39 is 11.7 Å². The molecular formula is C17H30N2O4. The van der Waals surface area contributed by atoms with Gasteiger partial charge in [0.05, 0.1) is 5.54 Å². The Kier molecular flexibility index (Phi) is 5.89. The van der Waals surface area contributed by atoms with Crippen molar-refractivity contribution in [3.8, 4) is 0 Å².